The van der Waals surface area contributed by atoms with Crippen molar-refractivity contribution in [2.24, 2.45) is 0 Å². The van der Waals surface area contributed by atoms with Gasteiger partial charge in [0.05, 0.1) is 14.2 Å². The van der Waals surface area contributed by atoms with E-state index in [1.807, 2.05) is 6.07 Å². The highest BCUT2D eigenvalue weighted by Gasteiger charge is 2.26. The lowest BCUT2D eigenvalue weighted by Gasteiger charge is -2.41. The van der Waals surface area contributed by atoms with Gasteiger partial charge in [0.15, 0.2) is 0 Å². The van der Waals surface area contributed by atoms with Crippen molar-refractivity contribution >= 4 is 0 Å². The second-order valence-electron chi connectivity index (χ2n) is 7.58. The van der Waals surface area contributed by atoms with Crippen LogP contribution in [-0.2, 0) is 13.1 Å². The number of hydrogen-bond acceptors (Lipinski definition) is 5. The first kappa shape index (κ1) is 20.6. The number of aliphatic hydroxyl groups is 1. The Morgan fingerprint density at radius 2 is 1.61 bits per heavy atom. The Kier molecular flexibility index (Phi) is 7.31. The van der Waals surface area contributed by atoms with Crippen LogP contribution in [0.5, 0.6) is 11.5 Å². The maximum Gasteiger partial charge on any atom is 0.122 e. The molecule has 0 amide bonds. The van der Waals surface area contributed by atoms with Crippen molar-refractivity contribution in [2.75, 3.05) is 40.5 Å². The number of nitrogens with zero attached hydrogens (tertiary/aromatic N) is 2. The zero-order valence-corrected chi connectivity index (χ0v) is 17.2. The number of aliphatic hydroxyl groups excluding tert-OH is 1. The van der Waals surface area contributed by atoms with Crippen LogP contribution in [-0.4, -0.2) is 61.4 Å². The summed E-state index contributed by atoms with van der Waals surface area (Å²) in [5, 5.41) is 9.57. The van der Waals surface area contributed by atoms with Crippen molar-refractivity contribution in [1.29, 1.82) is 0 Å². The van der Waals surface area contributed by atoms with E-state index in [0.717, 1.165) is 50.6 Å². The third-order valence-electron chi connectivity index (χ3n) is 5.47. The highest BCUT2D eigenvalue weighted by Crippen LogP contribution is 2.25. The summed E-state index contributed by atoms with van der Waals surface area (Å²) in [7, 11) is 3.36. The van der Waals surface area contributed by atoms with Crippen molar-refractivity contribution < 1.29 is 14.6 Å². The highest BCUT2D eigenvalue weighted by molar-refractivity contribution is 5.38. The molecular weight excluding hydrogens is 352 g/mol. The molecule has 0 bridgehead atoms. The van der Waals surface area contributed by atoms with E-state index in [1.165, 1.54) is 16.7 Å². The molecule has 0 aromatic heterocycles. The minimum absolute atomic E-state index is 0.218. The van der Waals surface area contributed by atoms with Gasteiger partial charge in [-0.3, -0.25) is 9.80 Å². The van der Waals surface area contributed by atoms with Gasteiger partial charge in [-0.25, -0.2) is 0 Å². The van der Waals surface area contributed by atoms with Crippen molar-refractivity contribution in [3.63, 3.8) is 0 Å². The molecule has 0 aliphatic carbocycles. The first-order valence-electron chi connectivity index (χ1n) is 9.96. The lowest BCUT2D eigenvalue weighted by atomic mass is 10.1. The van der Waals surface area contributed by atoms with E-state index >= 15 is 0 Å². The average molecular weight is 385 g/mol. The highest BCUT2D eigenvalue weighted by atomic mass is 16.5. The molecule has 28 heavy (non-hydrogen) atoms. The number of aryl methyl sites for hydroxylation is 1. The Bertz CT molecular complexity index is 726. The molecule has 152 valence electrons. The van der Waals surface area contributed by atoms with Crippen LogP contribution in [0.3, 0.4) is 0 Å². The van der Waals surface area contributed by atoms with Gasteiger partial charge in [0, 0.05) is 51.4 Å². The standard InChI is InChI=1S/C23H32N2O3/c1-18-4-6-19(7-5-18)16-25-10-9-24(17-21(25)8-11-26)15-20-12-22(27-2)14-23(13-20)28-3/h4-7,12-14,21,26H,8-11,15-17H2,1-3H3/t21-/m0/s1. The van der Waals surface area contributed by atoms with Gasteiger partial charge < -0.3 is 14.6 Å². The van der Waals surface area contributed by atoms with Crippen molar-refractivity contribution in [1.82, 2.24) is 9.80 Å². The number of rotatable bonds is 8. The molecular formula is C23H32N2O3. The lowest BCUT2D eigenvalue weighted by molar-refractivity contribution is 0.0499. The predicted molar refractivity (Wildman–Crippen MR) is 112 cm³/mol. The second-order valence-corrected chi connectivity index (χ2v) is 7.58. The topological polar surface area (TPSA) is 45.2 Å². The fraction of sp³-hybridized carbons (Fsp3) is 0.478. The molecule has 1 N–H and O–H groups in total. The molecule has 5 heteroatoms. The summed E-state index contributed by atoms with van der Waals surface area (Å²) in [5.41, 5.74) is 3.81. The van der Waals surface area contributed by atoms with Gasteiger partial charge >= 0.3 is 0 Å². The SMILES string of the molecule is COc1cc(CN2CCN(Cc3ccc(C)cc3)[C@@H](CCO)C2)cc(OC)c1. The van der Waals surface area contributed by atoms with Crippen molar-refractivity contribution in [3.05, 3.63) is 59.2 Å². The predicted octanol–water partition coefficient (Wildman–Crippen LogP) is 3.08. The van der Waals surface area contributed by atoms with E-state index in [4.69, 9.17) is 9.47 Å². The zero-order chi connectivity index (χ0) is 19.9. The normalized spacial score (nSPS) is 18.2. The summed E-state index contributed by atoms with van der Waals surface area (Å²) >= 11 is 0. The maximum atomic E-state index is 9.57. The molecule has 1 saturated heterocycles. The molecule has 0 spiro atoms. The van der Waals surface area contributed by atoms with Gasteiger partial charge in [0.25, 0.3) is 0 Å². The van der Waals surface area contributed by atoms with Crippen LogP contribution in [0.1, 0.15) is 23.1 Å². The monoisotopic (exact) mass is 384 g/mol. The molecule has 0 unspecified atom stereocenters. The van der Waals surface area contributed by atoms with Crippen LogP contribution in [0.25, 0.3) is 0 Å². The minimum atomic E-state index is 0.218. The minimum Gasteiger partial charge on any atom is -0.497 e. The van der Waals surface area contributed by atoms with Crippen LogP contribution < -0.4 is 9.47 Å². The van der Waals surface area contributed by atoms with Crippen LogP contribution in [0, 0.1) is 6.92 Å². The first-order valence-corrected chi connectivity index (χ1v) is 9.96. The third-order valence-corrected chi connectivity index (χ3v) is 5.47. The summed E-state index contributed by atoms with van der Waals surface area (Å²) in [5.74, 6) is 1.64. The molecule has 1 heterocycles. The Labute approximate surface area is 168 Å². The Morgan fingerprint density at radius 3 is 2.21 bits per heavy atom. The quantitative estimate of drug-likeness (QED) is 0.758. The molecule has 1 atom stereocenters. The van der Waals surface area contributed by atoms with Crippen LogP contribution >= 0.6 is 0 Å². The number of piperazine rings is 1. The average Bonchev–Trinajstić information content (AvgIpc) is 2.71. The van der Waals surface area contributed by atoms with E-state index in [-0.39, 0.29) is 6.61 Å². The van der Waals surface area contributed by atoms with Gasteiger partial charge in [-0.05, 0) is 36.6 Å². The van der Waals surface area contributed by atoms with Gasteiger partial charge in [0.2, 0.25) is 0 Å². The van der Waals surface area contributed by atoms with Gasteiger partial charge in [-0.1, -0.05) is 29.8 Å². The Hall–Kier alpha value is -2.08. The molecule has 2 aromatic carbocycles. The molecule has 5 nitrogen and oxygen atoms in total. The van der Waals surface area contributed by atoms with Gasteiger partial charge in [0.1, 0.15) is 11.5 Å². The Morgan fingerprint density at radius 1 is 0.929 bits per heavy atom. The first-order chi connectivity index (χ1) is 13.6. The van der Waals surface area contributed by atoms with Gasteiger partial charge in [-0.15, -0.1) is 0 Å². The molecule has 0 radical (unpaired) electrons. The summed E-state index contributed by atoms with van der Waals surface area (Å²) in [6, 6.07) is 15.2. The molecule has 1 aliphatic heterocycles. The number of ether oxygens (including phenoxy) is 2. The number of methoxy groups -OCH3 is 2. The fourth-order valence-corrected chi connectivity index (χ4v) is 3.88. The zero-order valence-electron chi connectivity index (χ0n) is 17.2. The van der Waals surface area contributed by atoms with E-state index < -0.39 is 0 Å². The van der Waals surface area contributed by atoms with E-state index in [1.54, 1.807) is 14.2 Å². The summed E-state index contributed by atoms with van der Waals surface area (Å²) in [4.78, 5) is 4.96. The summed E-state index contributed by atoms with van der Waals surface area (Å²) in [6.07, 6.45) is 0.795. The second kappa shape index (κ2) is 9.92. The molecule has 3 rings (SSSR count). The Balaban J connectivity index is 1.65. The summed E-state index contributed by atoms with van der Waals surface area (Å²) < 4.78 is 10.8. The van der Waals surface area contributed by atoms with Crippen LogP contribution in [0.2, 0.25) is 0 Å². The molecule has 2 aromatic rings. The van der Waals surface area contributed by atoms with Crippen LogP contribution in [0.15, 0.2) is 42.5 Å². The van der Waals surface area contributed by atoms with Gasteiger partial charge in [-0.2, -0.15) is 0 Å². The van der Waals surface area contributed by atoms with E-state index in [2.05, 4.69) is 53.1 Å². The van der Waals surface area contributed by atoms with Crippen molar-refractivity contribution in [3.8, 4) is 11.5 Å². The fourth-order valence-electron chi connectivity index (χ4n) is 3.88. The maximum absolute atomic E-state index is 9.57. The van der Waals surface area contributed by atoms with Crippen LogP contribution in [0.4, 0.5) is 0 Å². The van der Waals surface area contributed by atoms with E-state index in [0.29, 0.717) is 6.04 Å². The lowest BCUT2D eigenvalue weighted by Crippen LogP contribution is -2.52. The van der Waals surface area contributed by atoms with E-state index in [9.17, 15) is 5.11 Å². The third kappa shape index (κ3) is 5.47. The molecule has 1 fully saturated rings. The number of benzene rings is 2. The molecule has 0 saturated carbocycles. The smallest absolute Gasteiger partial charge is 0.122 e. The van der Waals surface area contributed by atoms with Crippen molar-refractivity contribution in [2.45, 2.75) is 32.5 Å². The largest absolute Gasteiger partial charge is 0.497 e. The summed E-state index contributed by atoms with van der Waals surface area (Å²) in [6.45, 7) is 7.08. The molecule has 1 aliphatic rings. The number of hydrogen-bond donors (Lipinski definition) is 1.